The van der Waals surface area contributed by atoms with Crippen LogP contribution in [0.1, 0.15) is 56.0 Å². The average molecular weight is 435 g/mol. The second kappa shape index (κ2) is 10.1. The molecule has 1 aliphatic rings. The first-order chi connectivity index (χ1) is 14.7. The summed E-state index contributed by atoms with van der Waals surface area (Å²) in [5.41, 5.74) is 4.12. The highest BCUT2D eigenvalue weighted by Crippen LogP contribution is 2.31. The molecule has 0 saturated carbocycles. The molecule has 2 aromatic rings. The molecule has 0 radical (unpaired) electrons. The third-order valence-corrected chi connectivity index (χ3v) is 5.56. The van der Waals surface area contributed by atoms with Crippen molar-refractivity contribution in [1.82, 2.24) is 10.2 Å². The number of aliphatic hydroxyl groups is 4. The number of hydrogen-bond donors (Lipinski definition) is 5. The maximum absolute atomic E-state index is 10.3. The normalized spacial score (nSPS) is 26.6. The lowest BCUT2D eigenvalue weighted by Gasteiger charge is -2.39. The fraction of sp³-hybridized carbons (Fsp3) is 0.609. The molecule has 1 aromatic heterocycles. The van der Waals surface area contributed by atoms with Gasteiger partial charge < -0.3 is 29.9 Å². The Morgan fingerprint density at radius 1 is 1.00 bits per heavy atom. The van der Waals surface area contributed by atoms with Crippen LogP contribution in [0.4, 0.5) is 0 Å². The van der Waals surface area contributed by atoms with E-state index >= 15 is 0 Å². The molecule has 0 bridgehead atoms. The largest absolute Gasteiger partial charge is 0.443 e. The Bertz CT molecular complexity index is 833. The van der Waals surface area contributed by atoms with Gasteiger partial charge in [0.05, 0.1) is 6.61 Å². The number of nitrogens with one attached hydrogen (secondary N) is 1. The highest BCUT2D eigenvalue weighted by molar-refractivity contribution is 5.38. The topological polar surface area (TPSA) is 128 Å². The van der Waals surface area contributed by atoms with Crippen molar-refractivity contribution in [3.63, 3.8) is 0 Å². The Morgan fingerprint density at radius 2 is 1.65 bits per heavy atom. The van der Waals surface area contributed by atoms with E-state index in [2.05, 4.69) is 48.3 Å². The second-order valence-electron chi connectivity index (χ2n) is 8.98. The Hall–Kier alpha value is -1.97. The van der Waals surface area contributed by atoms with Crippen molar-refractivity contribution in [3.8, 4) is 5.88 Å². The summed E-state index contributed by atoms with van der Waals surface area (Å²) in [6.07, 6.45) is -5.14. The molecule has 0 amide bonds. The van der Waals surface area contributed by atoms with Crippen molar-refractivity contribution in [3.05, 3.63) is 46.6 Å². The van der Waals surface area contributed by atoms with Crippen LogP contribution in [0.5, 0.6) is 5.88 Å². The predicted octanol–water partition coefficient (Wildman–Crippen LogP) is 1.50. The van der Waals surface area contributed by atoms with Gasteiger partial charge in [0.2, 0.25) is 12.2 Å². The maximum atomic E-state index is 10.3. The Labute approximate surface area is 182 Å². The van der Waals surface area contributed by atoms with Crippen LogP contribution in [0, 0.1) is 5.92 Å². The molecule has 2 heterocycles. The standard InChI is InChI=1S/C23H34N2O6/c1-12(2)9-14-5-7-15(8-6-14)10-16-18(13(3)4)24-25-22(16)31-23-21(29)20(28)19(27)17(11-26)30-23/h5-8,12-13,17,19-21,23,26-29H,9-11H2,1-4H3,(H,24,25)/t17-,19-,20+,21-,23+/m1/s1. The number of nitrogens with zero attached hydrogens (tertiary/aromatic N) is 1. The zero-order valence-electron chi connectivity index (χ0n) is 18.5. The fourth-order valence-corrected chi connectivity index (χ4v) is 3.85. The first-order valence-corrected chi connectivity index (χ1v) is 10.8. The van der Waals surface area contributed by atoms with Crippen LogP contribution in [-0.2, 0) is 17.6 Å². The van der Waals surface area contributed by atoms with E-state index in [4.69, 9.17) is 9.47 Å². The van der Waals surface area contributed by atoms with Gasteiger partial charge in [0.25, 0.3) is 0 Å². The highest BCUT2D eigenvalue weighted by atomic mass is 16.7. The lowest BCUT2D eigenvalue weighted by Crippen LogP contribution is -2.60. The number of ether oxygens (including phenoxy) is 2. The van der Waals surface area contributed by atoms with E-state index in [9.17, 15) is 20.4 Å². The Balaban J connectivity index is 1.82. The number of hydrogen-bond acceptors (Lipinski definition) is 7. The lowest BCUT2D eigenvalue weighted by molar-refractivity contribution is -0.278. The number of rotatable bonds is 8. The van der Waals surface area contributed by atoms with E-state index in [0.29, 0.717) is 12.3 Å². The molecule has 0 aliphatic carbocycles. The summed E-state index contributed by atoms with van der Waals surface area (Å²) in [5.74, 6) is 1.01. The number of aromatic nitrogens is 2. The van der Waals surface area contributed by atoms with Crippen LogP contribution in [0.3, 0.4) is 0 Å². The number of aliphatic hydroxyl groups excluding tert-OH is 4. The maximum Gasteiger partial charge on any atom is 0.238 e. The zero-order chi connectivity index (χ0) is 22.7. The molecule has 172 valence electrons. The summed E-state index contributed by atoms with van der Waals surface area (Å²) in [4.78, 5) is 0. The van der Waals surface area contributed by atoms with E-state index in [1.807, 2.05) is 13.8 Å². The van der Waals surface area contributed by atoms with Crippen molar-refractivity contribution in [2.75, 3.05) is 6.61 Å². The first kappa shape index (κ1) is 23.7. The van der Waals surface area contributed by atoms with Crippen LogP contribution in [0.2, 0.25) is 0 Å². The van der Waals surface area contributed by atoms with Crippen molar-refractivity contribution < 1.29 is 29.9 Å². The second-order valence-corrected chi connectivity index (χ2v) is 8.98. The van der Waals surface area contributed by atoms with Gasteiger partial charge in [-0.2, -0.15) is 0 Å². The number of H-pyrrole nitrogens is 1. The van der Waals surface area contributed by atoms with Gasteiger partial charge in [0.1, 0.15) is 24.4 Å². The minimum atomic E-state index is -1.50. The third kappa shape index (κ3) is 5.45. The minimum Gasteiger partial charge on any atom is -0.443 e. The summed E-state index contributed by atoms with van der Waals surface area (Å²) in [7, 11) is 0. The highest BCUT2D eigenvalue weighted by Gasteiger charge is 2.45. The SMILES string of the molecule is CC(C)Cc1ccc(Cc2c(O[C@@H]3O[C@H](CO)[C@@H](O)[C@H](O)[C@H]3O)n[nH]c2C(C)C)cc1. The van der Waals surface area contributed by atoms with Gasteiger partial charge in [-0.15, -0.1) is 5.10 Å². The molecule has 8 heteroatoms. The molecular formula is C23H34N2O6. The first-order valence-electron chi connectivity index (χ1n) is 10.8. The molecule has 5 N–H and O–H groups in total. The summed E-state index contributed by atoms with van der Waals surface area (Å²) in [6.45, 7) is 7.95. The van der Waals surface area contributed by atoms with E-state index in [0.717, 1.165) is 23.2 Å². The van der Waals surface area contributed by atoms with Crippen LogP contribution >= 0.6 is 0 Å². The average Bonchev–Trinajstić information content (AvgIpc) is 3.12. The molecule has 5 atom stereocenters. The Kier molecular flexibility index (Phi) is 7.72. The quantitative estimate of drug-likeness (QED) is 0.426. The van der Waals surface area contributed by atoms with E-state index < -0.39 is 37.3 Å². The summed E-state index contributed by atoms with van der Waals surface area (Å²) >= 11 is 0. The van der Waals surface area contributed by atoms with Crippen LogP contribution in [-0.4, -0.2) is 67.9 Å². The van der Waals surface area contributed by atoms with Crippen LogP contribution < -0.4 is 4.74 Å². The predicted molar refractivity (Wildman–Crippen MR) is 115 cm³/mol. The Morgan fingerprint density at radius 3 is 2.23 bits per heavy atom. The summed E-state index contributed by atoms with van der Waals surface area (Å²) < 4.78 is 11.3. The van der Waals surface area contributed by atoms with Crippen molar-refractivity contribution in [2.24, 2.45) is 5.92 Å². The summed E-state index contributed by atoms with van der Waals surface area (Å²) in [5, 5.41) is 47.0. The van der Waals surface area contributed by atoms with Crippen molar-refractivity contribution >= 4 is 0 Å². The molecule has 1 aromatic carbocycles. The fourth-order valence-electron chi connectivity index (χ4n) is 3.85. The van der Waals surface area contributed by atoms with Crippen molar-refractivity contribution in [1.29, 1.82) is 0 Å². The zero-order valence-corrected chi connectivity index (χ0v) is 18.5. The van der Waals surface area contributed by atoms with E-state index in [1.165, 1.54) is 5.56 Å². The van der Waals surface area contributed by atoms with Gasteiger partial charge in [-0.05, 0) is 29.4 Å². The number of benzene rings is 1. The monoisotopic (exact) mass is 434 g/mol. The number of aromatic amines is 1. The summed E-state index contributed by atoms with van der Waals surface area (Å²) in [6, 6.07) is 8.43. The third-order valence-electron chi connectivity index (χ3n) is 5.56. The molecule has 3 rings (SSSR count). The van der Waals surface area contributed by atoms with E-state index in [-0.39, 0.29) is 11.8 Å². The molecule has 0 spiro atoms. The molecule has 1 saturated heterocycles. The molecule has 0 unspecified atom stereocenters. The van der Waals surface area contributed by atoms with Crippen molar-refractivity contribution in [2.45, 2.75) is 77.2 Å². The molecule has 31 heavy (non-hydrogen) atoms. The molecular weight excluding hydrogens is 400 g/mol. The van der Waals surface area contributed by atoms with Gasteiger partial charge in [0, 0.05) is 17.7 Å². The van der Waals surface area contributed by atoms with Gasteiger partial charge in [-0.1, -0.05) is 52.0 Å². The van der Waals surface area contributed by atoms with Crippen LogP contribution in [0.15, 0.2) is 24.3 Å². The van der Waals surface area contributed by atoms with Gasteiger partial charge >= 0.3 is 0 Å². The smallest absolute Gasteiger partial charge is 0.238 e. The molecule has 1 fully saturated rings. The van der Waals surface area contributed by atoms with Crippen LogP contribution in [0.25, 0.3) is 0 Å². The lowest BCUT2D eigenvalue weighted by atomic mass is 9.97. The van der Waals surface area contributed by atoms with Gasteiger partial charge in [-0.3, -0.25) is 5.10 Å². The minimum absolute atomic E-state index is 0.162. The van der Waals surface area contributed by atoms with Gasteiger partial charge in [0.15, 0.2) is 0 Å². The van der Waals surface area contributed by atoms with E-state index in [1.54, 1.807) is 0 Å². The molecule has 1 aliphatic heterocycles. The molecule has 8 nitrogen and oxygen atoms in total. The van der Waals surface area contributed by atoms with Gasteiger partial charge in [-0.25, -0.2) is 0 Å².